The van der Waals surface area contributed by atoms with Crippen LogP contribution in [0.25, 0.3) is 0 Å². The van der Waals surface area contributed by atoms with Gasteiger partial charge in [0.05, 0.1) is 6.26 Å². The largest absolute Gasteiger partial charge is 0.492 e. The van der Waals surface area contributed by atoms with Gasteiger partial charge in [-0.1, -0.05) is 6.58 Å². The zero-order valence-corrected chi connectivity index (χ0v) is 6.35. The summed E-state index contributed by atoms with van der Waals surface area (Å²) in [5, 5.41) is 0. The third-order valence-electron chi connectivity index (χ3n) is 1.26. The molecule has 72 valence electrons. The van der Waals surface area contributed by atoms with Crippen LogP contribution in [0, 0.1) is 0 Å². The Bertz CT molecular complexity index is 121. The van der Waals surface area contributed by atoms with Crippen molar-refractivity contribution in [1.29, 1.82) is 0 Å². The molecule has 0 aliphatic rings. The molecular weight excluding hydrogens is 176 g/mol. The summed E-state index contributed by atoms with van der Waals surface area (Å²) in [6.07, 6.45) is -5.30. The predicted octanol–water partition coefficient (Wildman–Crippen LogP) is 2.13. The number of alkyl halides is 4. The van der Waals surface area contributed by atoms with Crippen molar-refractivity contribution >= 4 is 0 Å². The highest BCUT2D eigenvalue weighted by Gasteiger charge is 2.31. The number of ether oxygens (including phenoxy) is 1. The van der Waals surface area contributed by atoms with Crippen LogP contribution in [0.3, 0.4) is 0 Å². The normalized spacial score (nSPS) is 18.0. The molecule has 0 aromatic rings. The Kier molecular flexibility index (Phi) is 5.49. The Morgan fingerprint density at radius 2 is 1.58 bits per heavy atom. The first-order chi connectivity index (χ1) is 5.67. The van der Waals surface area contributed by atoms with E-state index in [4.69, 9.17) is 0 Å². The van der Waals surface area contributed by atoms with Crippen LogP contribution in [-0.4, -0.2) is 31.8 Å². The zero-order chi connectivity index (χ0) is 9.56. The Morgan fingerprint density at radius 3 is 1.83 bits per heavy atom. The summed E-state index contributed by atoms with van der Waals surface area (Å²) < 4.78 is 52.6. The molecule has 0 N–H and O–H groups in total. The summed E-state index contributed by atoms with van der Waals surface area (Å²) in [6, 6.07) is 0. The second-order valence-corrected chi connectivity index (χ2v) is 2.11. The molecule has 0 saturated carbocycles. The van der Waals surface area contributed by atoms with Gasteiger partial charge >= 0.3 is 0 Å². The van der Waals surface area contributed by atoms with Gasteiger partial charge in [-0.3, -0.25) is 0 Å². The third-order valence-corrected chi connectivity index (χ3v) is 1.26. The molecule has 0 spiro atoms. The lowest BCUT2D eigenvalue weighted by molar-refractivity contribution is -0.0157. The lowest BCUT2D eigenvalue weighted by atomic mass is 10.1. The fourth-order valence-corrected chi connectivity index (χ4v) is 0.684. The highest BCUT2D eigenvalue weighted by molar-refractivity contribution is 4.79. The van der Waals surface area contributed by atoms with Crippen molar-refractivity contribution in [2.24, 2.45) is 0 Å². The SMILES string of the molecule is C=COC(C(F)CF)C(F)CF. The van der Waals surface area contributed by atoms with Gasteiger partial charge in [0.15, 0.2) is 18.4 Å². The number of hydrogen-bond donors (Lipinski definition) is 0. The van der Waals surface area contributed by atoms with E-state index in [1.807, 2.05) is 0 Å². The molecule has 0 saturated heterocycles. The molecule has 0 aromatic carbocycles. The highest BCUT2D eigenvalue weighted by atomic mass is 19.2. The molecule has 0 radical (unpaired) electrons. The molecule has 0 aromatic heterocycles. The topological polar surface area (TPSA) is 9.23 Å². The summed E-state index contributed by atoms with van der Waals surface area (Å²) in [5.41, 5.74) is 0. The van der Waals surface area contributed by atoms with E-state index in [1.54, 1.807) is 0 Å². The van der Waals surface area contributed by atoms with Crippen molar-refractivity contribution in [3.8, 4) is 0 Å². The molecule has 0 fully saturated rings. The minimum Gasteiger partial charge on any atom is -0.492 e. The van der Waals surface area contributed by atoms with E-state index in [9.17, 15) is 17.6 Å². The van der Waals surface area contributed by atoms with Gasteiger partial charge in [-0.05, 0) is 0 Å². The summed E-state index contributed by atoms with van der Waals surface area (Å²) >= 11 is 0. The Balaban J connectivity index is 4.09. The summed E-state index contributed by atoms with van der Waals surface area (Å²) in [7, 11) is 0. The fraction of sp³-hybridized carbons (Fsp3) is 0.714. The van der Waals surface area contributed by atoms with Crippen molar-refractivity contribution in [1.82, 2.24) is 0 Å². The lowest BCUT2D eigenvalue weighted by Gasteiger charge is -2.20. The van der Waals surface area contributed by atoms with Gasteiger partial charge in [0.2, 0.25) is 0 Å². The second kappa shape index (κ2) is 5.85. The summed E-state index contributed by atoms with van der Waals surface area (Å²) in [5.74, 6) is 0. The van der Waals surface area contributed by atoms with Crippen molar-refractivity contribution in [2.45, 2.75) is 18.4 Å². The molecule has 12 heavy (non-hydrogen) atoms. The zero-order valence-electron chi connectivity index (χ0n) is 6.35. The lowest BCUT2D eigenvalue weighted by Crippen LogP contribution is -2.36. The average Bonchev–Trinajstić information content (AvgIpc) is 2.11. The fourth-order valence-electron chi connectivity index (χ4n) is 0.684. The maximum atomic E-state index is 12.5. The van der Waals surface area contributed by atoms with E-state index >= 15 is 0 Å². The van der Waals surface area contributed by atoms with Gasteiger partial charge < -0.3 is 4.74 Å². The number of rotatable bonds is 6. The average molecular weight is 186 g/mol. The minimum atomic E-state index is -2.16. The molecule has 1 nitrogen and oxygen atoms in total. The molecule has 0 aliphatic carbocycles. The van der Waals surface area contributed by atoms with E-state index in [2.05, 4.69) is 11.3 Å². The molecular formula is C7H10F4O. The van der Waals surface area contributed by atoms with E-state index in [-0.39, 0.29) is 0 Å². The minimum absolute atomic E-state index is 0.759. The van der Waals surface area contributed by atoms with Crippen LogP contribution < -0.4 is 0 Å². The van der Waals surface area contributed by atoms with E-state index in [0.29, 0.717) is 0 Å². The van der Waals surface area contributed by atoms with Gasteiger partial charge in [0.25, 0.3) is 0 Å². The van der Waals surface area contributed by atoms with Crippen LogP contribution in [0.1, 0.15) is 0 Å². The van der Waals surface area contributed by atoms with Crippen molar-refractivity contribution < 1.29 is 22.3 Å². The van der Waals surface area contributed by atoms with E-state index < -0.39 is 31.8 Å². The third kappa shape index (κ3) is 3.11. The molecule has 0 aliphatic heterocycles. The molecule has 0 bridgehead atoms. The smallest absolute Gasteiger partial charge is 0.168 e. The maximum Gasteiger partial charge on any atom is 0.168 e. The molecule has 5 heteroatoms. The quantitative estimate of drug-likeness (QED) is 0.456. The van der Waals surface area contributed by atoms with Crippen molar-refractivity contribution in [2.75, 3.05) is 13.3 Å². The van der Waals surface area contributed by atoms with Crippen LogP contribution in [-0.2, 0) is 4.74 Å². The molecule has 0 amide bonds. The van der Waals surface area contributed by atoms with Gasteiger partial charge in [0, 0.05) is 0 Å². The van der Waals surface area contributed by atoms with Gasteiger partial charge in [-0.2, -0.15) is 0 Å². The first-order valence-electron chi connectivity index (χ1n) is 3.33. The predicted molar refractivity (Wildman–Crippen MR) is 36.8 cm³/mol. The van der Waals surface area contributed by atoms with Crippen LogP contribution in [0.15, 0.2) is 12.8 Å². The number of hydrogen-bond acceptors (Lipinski definition) is 1. The standard InChI is InChI=1S/C7H10F4O/c1-2-12-7(5(10)3-8)6(11)4-9/h2,5-7H,1,3-4H2. The number of halogens is 4. The molecule has 0 rings (SSSR count). The molecule has 2 atom stereocenters. The Morgan fingerprint density at radius 1 is 1.17 bits per heavy atom. The summed E-state index contributed by atoms with van der Waals surface area (Å²) in [4.78, 5) is 0. The first-order valence-corrected chi connectivity index (χ1v) is 3.33. The van der Waals surface area contributed by atoms with Crippen LogP contribution in [0.2, 0.25) is 0 Å². The maximum absolute atomic E-state index is 12.5. The van der Waals surface area contributed by atoms with Gasteiger partial charge in [-0.25, -0.2) is 17.6 Å². The molecule has 0 heterocycles. The van der Waals surface area contributed by atoms with Crippen molar-refractivity contribution in [3.63, 3.8) is 0 Å². The Hall–Kier alpha value is -0.740. The first kappa shape index (κ1) is 11.3. The van der Waals surface area contributed by atoms with Crippen LogP contribution >= 0.6 is 0 Å². The van der Waals surface area contributed by atoms with Crippen molar-refractivity contribution in [3.05, 3.63) is 12.8 Å². The van der Waals surface area contributed by atoms with E-state index in [1.165, 1.54) is 0 Å². The van der Waals surface area contributed by atoms with Crippen LogP contribution in [0.5, 0.6) is 0 Å². The van der Waals surface area contributed by atoms with Crippen LogP contribution in [0.4, 0.5) is 17.6 Å². The highest BCUT2D eigenvalue weighted by Crippen LogP contribution is 2.13. The summed E-state index contributed by atoms with van der Waals surface area (Å²) in [6.45, 7) is 0.226. The molecule has 2 unspecified atom stereocenters. The van der Waals surface area contributed by atoms with E-state index in [0.717, 1.165) is 6.26 Å². The van der Waals surface area contributed by atoms with Gasteiger partial charge in [-0.15, -0.1) is 0 Å². The second-order valence-electron chi connectivity index (χ2n) is 2.11. The Labute approximate surface area is 68.0 Å². The monoisotopic (exact) mass is 186 g/mol. The van der Waals surface area contributed by atoms with Gasteiger partial charge in [0.1, 0.15) is 13.3 Å².